The molecule has 3 aromatic rings. The van der Waals surface area contributed by atoms with Gasteiger partial charge in [0.2, 0.25) is 0 Å². The van der Waals surface area contributed by atoms with Crippen molar-refractivity contribution in [2.45, 2.75) is 71.8 Å². The standard InChI is InChI=1S/C31H39F4N7O2S/c1-5-44-28(43)8-10-40-11-12-42(17-20(40)3)27-16-26(36-21(4)37-27)38-30-39-29(25(45-30)18-41-9-6-7-19(41)2)22-13-23(31(33,34)35)15-24(32)14-22/h13-16,19-20H,5-12,17-18H2,1-4H3,(H,36,37,38,39)/t19-,20+/m1/s1. The maximum absolute atomic E-state index is 14.4. The number of piperazine rings is 1. The first kappa shape index (κ1) is 33.0. The van der Waals surface area contributed by atoms with Crippen molar-refractivity contribution in [3.05, 3.63) is 46.3 Å². The van der Waals surface area contributed by atoms with Gasteiger partial charge in [-0.1, -0.05) is 11.3 Å². The van der Waals surface area contributed by atoms with Gasteiger partial charge in [0.15, 0.2) is 5.13 Å². The van der Waals surface area contributed by atoms with Gasteiger partial charge >= 0.3 is 12.1 Å². The van der Waals surface area contributed by atoms with Crippen LogP contribution in [0, 0.1) is 12.7 Å². The van der Waals surface area contributed by atoms with E-state index in [-0.39, 0.29) is 17.6 Å². The Morgan fingerprint density at radius 2 is 1.87 bits per heavy atom. The van der Waals surface area contributed by atoms with E-state index in [0.717, 1.165) is 48.8 Å². The van der Waals surface area contributed by atoms with Gasteiger partial charge in [-0.25, -0.2) is 19.3 Å². The van der Waals surface area contributed by atoms with Crippen molar-refractivity contribution >= 4 is 34.1 Å². The molecule has 4 heterocycles. The lowest BCUT2D eigenvalue weighted by Gasteiger charge is -2.40. The zero-order valence-corrected chi connectivity index (χ0v) is 26.8. The summed E-state index contributed by atoms with van der Waals surface area (Å²) in [5.74, 6) is 0.636. The molecule has 45 heavy (non-hydrogen) atoms. The predicted octanol–water partition coefficient (Wildman–Crippen LogP) is 6.26. The summed E-state index contributed by atoms with van der Waals surface area (Å²) < 4.78 is 60.2. The molecule has 2 atom stereocenters. The molecule has 5 rings (SSSR count). The van der Waals surface area contributed by atoms with E-state index >= 15 is 0 Å². The highest BCUT2D eigenvalue weighted by Crippen LogP contribution is 2.38. The van der Waals surface area contributed by atoms with Gasteiger partial charge in [-0.05, 0) is 65.3 Å². The van der Waals surface area contributed by atoms with Crippen LogP contribution in [0.4, 0.5) is 34.3 Å². The fourth-order valence-corrected chi connectivity index (χ4v) is 6.95. The molecule has 0 saturated carbocycles. The second-order valence-corrected chi connectivity index (χ2v) is 12.7. The first-order valence-corrected chi connectivity index (χ1v) is 16.1. The van der Waals surface area contributed by atoms with Crippen LogP contribution < -0.4 is 10.2 Å². The molecule has 9 nitrogen and oxygen atoms in total. The Hall–Kier alpha value is -3.36. The van der Waals surface area contributed by atoms with Crippen LogP contribution in [0.15, 0.2) is 24.3 Å². The molecule has 2 aliphatic heterocycles. The summed E-state index contributed by atoms with van der Waals surface area (Å²) >= 11 is 1.33. The van der Waals surface area contributed by atoms with Crippen molar-refractivity contribution in [2.24, 2.45) is 0 Å². The quantitative estimate of drug-likeness (QED) is 0.202. The van der Waals surface area contributed by atoms with Crippen LogP contribution in [0.25, 0.3) is 11.3 Å². The third kappa shape index (κ3) is 8.27. The largest absolute Gasteiger partial charge is 0.466 e. The van der Waals surface area contributed by atoms with Crippen molar-refractivity contribution in [2.75, 3.05) is 49.5 Å². The number of nitrogens with zero attached hydrogens (tertiary/aromatic N) is 6. The molecule has 0 aliphatic carbocycles. The summed E-state index contributed by atoms with van der Waals surface area (Å²) in [5, 5.41) is 3.70. The maximum atomic E-state index is 14.4. The van der Waals surface area contributed by atoms with Crippen molar-refractivity contribution < 1.29 is 27.1 Å². The number of ether oxygens (including phenoxy) is 1. The normalized spacial score (nSPS) is 19.7. The summed E-state index contributed by atoms with van der Waals surface area (Å²) in [7, 11) is 0. The minimum atomic E-state index is -4.68. The number of rotatable bonds is 10. The third-order valence-electron chi connectivity index (χ3n) is 8.29. The predicted molar refractivity (Wildman–Crippen MR) is 166 cm³/mol. The topological polar surface area (TPSA) is 86.7 Å². The molecule has 0 radical (unpaired) electrons. The van der Waals surface area contributed by atoms with Gasteiger partial charge in [-0.2, -0.15) is 13.2 Å². The Balaban J connectivity index is 1.37. The summed E-state index contributed by atoms with van der Waals surface area (Å²) in [6.07, 6.45) is -2.25. The van der Waals surface area contributed by atoms with Gasteiger partial charge in [0.1, 0.15) is 23.3 Å². The molecule has 2 aromatic heterocycles. The number of carbonyl (C=O) groups is 1. The number of alkyl halides is 3. The molecule has 2 aliphatic rings. The number of nitrogens with one attached hydrogen (secondary N) is 1. The van der Waals surface area contributed by atoms with E-state index in [1.54, 1.807) is 13.8 Å². The maximum Gasteiger partial charge on any atom is 0.416 e. The van der Waals surface area contributed by atoms with Crippen LogP contribution in [0.2, 0.25) is 0 Å². The fourth-order valence-electron chi connectivity index (χ4n) is 5.93. The highest BCUT2D eigenvalue weighted by atomic mass is 32.1. The molecule has 2 fully saturated rings. The zero-order valence-electron chi connectivity index (χ0n) is 26.0. The molecule has 1 N–H and O–H groups in total. The third-order valence-corrected chi connectivity index (χ3v) is 9.25. The van der Waals surface area contributed by atoms with Crippen molar-refractivity contribution in [3.63, 3.8) is 0 Å². The molecule has 14 heteroatoms. The Morgan fingerprint density at radius 1 is 1.07 bits per heavy atom. The summed E-state index contributed by atoms with van der Waals surface area (Å²) in [5.41, 5.74) is -0.639. The van der Waals surface area contributed by atoms with Crippen LogP contribution in [0.1, 0.15) is 56.3 Å². The Bertz CT molecular complexity index is 1500. The molecule has 1 aromatic carbocycles. The summed E-state index contributed by atoms with van der Waals surface area (Å²) in [6.45, 7) is 12.4. The number of carbonyl (C=O) groups excluding carboxylic acids is 1. The van der Waals surface area contributed by atoms with Crippen LogP contribution in [0.3, 0.4) is 0 Å². The van der Waals surface area contributed by atoms with Gasteiger partial charge < -0.3 is 15.0 Å². The van der Waals surface area contributed by atoms with Gasteiger partial charge in [-0.15, -0.1) is 0 Å². The molecule has 2 saturated heterocycles. The SMILES string of the molecule is CCOC(=O)CCN1CCN(c2cc(Nc3nc(-c4cc(F)cc(C(F)(F)F)c4)c(CN4CCC[C@H]4C)s3)nc(C)n2)C[C@@H]1C. The van der Waals surface area contributed by atoms with Gasteiger partial charge in [-0.3, -0.25) is 14.6 Å². The number of hydrogen-bond acceptors (Lipinski definition) is 10. The number of halogens is 4. The summed E-state index contributed by atoms with van der Waals surface area (Å²) in [4.78, 5) is 33.2. The van der Waals surface area contributed by atoms with E-state index in [0.29, 0.717) is 73.8 Å². The lowest BCUT2D eigenvalue weighted by atomic mass is 10.1. The second-order valence-electron chi connectivity index (χ2n) is 11.6. The van der Waals surface area contributed by atoms with E-state index in [1.165, 1.54) is 11.3 Å². The van der Waals surface area contributed by atoms with Crippen molar-refractivity contribution in [1.29, 1.82) is 0 Å². The first-order valence-electron chi connectivity index (χ1n) is 15.3. The molecular formula is C31H39F4N7O2S. The van der Waals surface area contributed by atoms with Crippen LogP contribution in [0.5, 0.6) is 0 Å². The monoisotopic (exact) mass is 649 g/mol. The molecule has 0 bridgehead atoms. The average molecular weight is 650 g/mol. The lowest BCUT2D eigenvalue weighted by Crippen LogP contribution is -2.52. The number of aromatic nitrogens is 3. The van der Waals surface area contributed by atoms with E-state index in [9.17, 15) is 22.4 Å². The average Bonchev–Trinajstić information content (AvgIpc) is 3.56. The number of hydrogen-bond donors (Lipinski definition) is 1. The van der Waals surface area contributed by atoms with Gasteiger partial charge in [0.05, 0.1) is 24.3 Å². The van der Waals surface area contributed by atoms with Crippen LogP contribution in [-0.4, -0.2) is 82.1 Å². The van der Waals surface area contributed by atoms with E-state index in [4.69, 9.17) is 4.74 Å². The smallest absolute Gasteiger partial charge is 0.416 e. The van der Waals surface area contributed by atoms with Crippen LogP contribution in [-0.2, 0) is 22.3 Å². The van der Waals surface area contributed by atoms with Gasteiger partial charge in [0.25, 0.3) is 0 Å². The minimum Gasteiger partial charge on any atom is -0.466 e. The number of benzene rings is 1. The number of aryl methyl sites for hydroxylation is 1. The molecular weight excluding hydrogens is 610 g/mol. The van der Waals surface area contributed by atoms with Crippen LogP contribution >= 0.6 is 11.3 Å². The Morgan fingerprint density at radius 3 is 2.56 bits per heavy atom. The number of esters is 1. The number of anilines is 3. The second kappa shape index (κ2) is 14.0. The highest BCUT2D eigenvalue weighted by Gasteiger charge is 2.32. The molecule has 0 amide bonds. The number of likely N-dealkylation sites (tertiary alicyclic amines) is 1. The van der Waals surface area contributed by atoms with E-state index < -0.39 is 17.6 Å². The molecule has 0 spiro atoms. The summed E-state index contributed by atoms with van der Waals surface area (Å²) in [6, 6.07) is 4.91. The minimum absolute atomic E-state index is 0.0860. The fraction of sp³-hybridized carbons (Fsp3) is 0.548. The molecule has 244 valence electrons. The lowest BCUT2D eigenvalue weighted by molar-refractivity contribution is -0.143. The Kier molecular flexibility index (Phi) is 10.2. The molecule has 0 unspecified atom stereocenters. The Labute approximate surface area is 264 Å². The van der Waals surface area contributed by atoms with Crippen molar-refractivity contribution in [3.8, 4) is 11.3 Å². The number of thiazole rings is 1. The first-order chi connectivity index (χ1) is 21.4. The van der Waals surface area contributed by atoms with E-state index in [2.05, 4.69) is 48.8 Å². The van der Waals surface area contributed by atoms with Gasteiger partial charge in [0, 0.05) is 61.3 Å². The van der Waals surface area contributed by atoms with E-state index in [1.807, 2.05) is 6.07 Å². The van der Waals surface area contributed by atoms with Crippen molar-refractivity contribution in [1.82, 2.24) is 24.8 Å². The zero-order chi connectivity index (χ0) is 32.3. The highest BCUT2D eigenvalue weighted by molar-refractivity contribution is 7.16.